The second-order valence-corrected chi connectivity index (χ2v) is 10.2. The van der Waals surface area contributed by atoms with Gasteiger partial charge in [0.1, 0.15) is 11.6 Å². The van der Waals surface area contributed by atoms with E-state index in [9.17, 15) is 4.79 Å². The molecule has 0 saturated carbocycles. The minimum atomic E-state index is -0.0409. The molecule has 1 fully saturated rings. The maximum Gasteiger partial charge on any atom is 0.227 e. The molecule has 6 rings (SSSR count). The van der Waals surface area contributed by atoms with Crippen LogP contribution in [0.4, 0.5) is 23.1 Å². The smallest absolute Gasteiger partial charge is 0.227 e. The van der Waals surface area contributed by atoms with Crippen molar-refractivity contribution in [3.63, 3.8) is 0 Å². The van der Waals surface area contributed by atoms with E-state index in [1.807, 2.05) is 54.6 Å². The number of fused-ring (bicyclic) bond motifs is 1. The number of nitrogens with one attached hydrogen (secondary N) is 1. The summed E-state index contributed by atoms with van der Waals surface area (Å²) >= 11 is 12.3. The van der Waals surface area contributed by atoms with Crippen LogP contribution in [-0.4, -0.2) is 41.9 Å². The van der Waals surface area contributed by atoms with Gasteiger partial charge in [-0.05, 0) is 54.6 Å². The van der Waals surface area contributed by atoms with Crippen molar-refractivity contribution in [3.8, 4) is 0 Å². The molecule has 4 aromatic rings. The third-order valence-electron chi connectivity index (χ3n) is 6.91. The van der Waals surface area contributed by atoms with Crippen LogP contribution >= 0.6 is 23.2 Å². The second kappa shape index (κ2) is 10.1. The number of rotatable bonds is 5. The number of nitrogens with zero attached hydrogens (tertiary/aromatic N) is 4. The summed E-state index contributed by atoms with van der Waals surface area (Å²) in [6, 6.07) is 19.1. The Bertz CT molecular complexity index is 1420. The number of Topliss-reactive ketones (excluding diaryl/α,β-unsaturated/α-hetero) is 1. The second-order valence-electron chi connectivity index (χ2n) is 9.32. The Balaban J connectivity index is 1.31. The molecule has 2 aromatic heterocycles. The van der Waals surface area contributed by atoms with Crippen LogP contribution in [0.1, 0.15) is 34.2 Å². The molecular weight excluding hydrogens is 509 g/mol. The van der Waals surface area contributed by atoms with E-state index in [1.54, 1.807) is 6.26 Å². The van der Waals surface area contributed by atoms with Crippen LogP contribution in [-0.2, 0) is 6.42 Å². The summed E-state index contributed by atoms with van der Waals surface area (Å²) in [6.07, 6.45) is 2.62. The van der Waals surface area contributed by atoms with Crippen LogP contribution in [0, 0.1) is 0 Å². The highest BCUT2D eigenvalue weighted by atomic mass is 35.5. The highest BCUT2D eigenvalue weighted by Crippen LogP contribution is 2.37. The molecular formula is C28H25Cl2N5O2. The van der Waals surface area contributed by atoms with Crippen molar-refractivity contribution in [1.82, 2.24) is 9.97 Å². The Morgan fingerprint density at radius 2 is 1.65 bits per heavy atom. The van der Waals surface area contributed by atoms with Crippen molar-refractivity contribution in [3.05, 3.63) is 94.0 Å². The first-order valence-electron chi connectivity index (χ1n) is 12.3. The number of hydrogen-bond donors (Lipinski definition) is 1. The monoisotopic (exact) mass is 533 g/mol. The molecule has 2 aliphatic rings. The summed E-state index contributed by atoms with van der Waals surface area (Å²) in [5, 5.41) is 4.73. The first-order chi connectivity index (χ1) is 18.0. The number of anilines is 4. The number of halogens is 2. The van der Waals surface area contributed by atoms with E-state index in [0.717, 1.165) is 54.0 Å². The Morgan fingerprint density at radius 3 is 2.38 bits per heavy atom. The lowest BCUT2D eigenvalue weighted by molar-refractivity contribution is 0.0959. The van der Waals surface area contributed by atoms with E-state index in [0.29, 0.717) is 35.2 Å². The molecule has 2 aromatic carbocycles. The standard InChI is InChI=1S/C28H25Cl2N5O2/c29-19-6-8-21(9-7-19)31-27-26-23(15-18(16-24(26)36)25-5-2-14-37-25)32-28(33-27)35-12-10-34(11-13-35)22-4-1-3-20(30)17-22/h1-9,14,17-18H,10-13,15-16H2,(H,31,32,33). The summed E-state index contributed by atoms with van der Waals surface area (Å²) in [5.41, 5.74) is 3.22. The van der Waals surface area contributed by atoms with Gasteiger partial charge in [-0.1, -0.05) is 29.3 Å². The van der Waals surface area contributed by atoms with Gasteiger partial charge < -0.3 is 19.5 Å². The first kappa shape index (κ1) is 23.8. The third-order valence-corrected chi connectivity index (χ3v) is 7.40. The van der Waals surface area contributed by atoms with Gasteiger partial charge in [0.15, 0.2) is 5.78 Å². The van der Waals surface area contributed by atoms with Crippen molar-refractivity contribution < 1.29 is 9.21 Å². The van der Waals surface area contributed by atoms with E-state index in [4.69, 9.17) is 37.6 Å². The number of furan rings is 1. The Morgan fingerprint density at radius 1 is 0.865 bits per heavy atom. The van der Waals surface area contributed by atoms with Gasteiger partial charge in [0.2, 0.25) is 5.95 Å². The Labute approximate surface area is 225 Å². The van der Waals surface area contributed by atoms with E-state index in [1.165, 1.54) is 0 Å². The molecule has 0 radical (unpaired) electrons. The van der Waals surface area contributed by atoms with Crippen LogP contribution in [0.25, 0.3) is 0 Å². The molecule has 1 saturated heterocycles. The highest BCUT2D eigenvalue weighted by Gasteiger charge is 2.33. The van der Waals surface area contributed by atoms with Crippen molar-refractivity contribution in [1.29, 1.82) is 0 Å². The summed E-state index contributed by atoms with van der Waals surface area (Å²) in [5.74, 6) is 1.93. The summed E-state index contributed by atoms with van der Waals surface area (Å²) in [7, 11) is 0. The van der Waals surface area contributed by atoms with Crippen molar-refractivity contribution in [2.75, 3.05) is 41.3 Å². The number of carbonyl (C=O) groups excluding carboxylic acids is 1. The number of aromatic nitrogens is 2. The molecule has 9 heteroatoms. The number of piperazine rings is 1. The van der Waals surface area contributed by atoms with Gasteiger partial charge in [0, 0.05) is 66.4 Å². The summed E-state index contributed by atoms with van der Waals surface area (Å²) in [6.45, 7) is 3.13. The van der Waals surface area contributed by atoms with E-state index in [-0.39, 0.29) is 11.7 Å². The van der Waals surface area contributed by atoms with E-state index >= 15 is 0 Å². The molecule has 7 nitrogen and oxygen atoms in total. The minimum absolute atomic E-state index is 0.0106. The molecule has 1 N–H and O–H groups in total. The fourth-order valence-electron chi connectivity index (χ4n) is 5.03. The molecule has 0 amide bonds. The molecule has 1 unspecified atom stereocenters. The minimum Gasteiger partial charge on any atom is -0.469 e. The van der Waals surface area contributed by atoms with Crippen LogP contribution in [0.5, 0.6) is 0 Å². The number of benzene rings is 2. The molecule has 188 valence electrons. The van der Waals surface area contributed by atoms with Crippen molar-refractivity contribution in [2.24, 2.45) is 0 Å². The van der Waals surface area contributed by atoms with Crippen molar-refractivity contribution >= 4 is 52.1 Å². The third kappa shape index (κ3) is 5.02. The SMILES string of the molecule is O=C1CC(c2ccco2)Cc2nc(N3CCN(c4cccc(Cl)c4)CC3)nc(Nc3ccc(Cl)cc3)c21. The fraction of sp³-hybridized carbons (Fsp3) is 0.250. The first-order valence-corrected chi connectivity index (χ1v) is 13.0. The molecule has 3 heterocycles. The zero-order valence-corrected chi connectivity index (χ0v) is 21.5. The maximum atomic E-state index is 13.4. The van der Waals surface area contributed by atoms with Gasteiger partial charge in [-0.15, -0.1) is 0 Å². The average Bonchev–Trinajstić information content (AvgIpc) is 3.45. The lowest BCUT2D eigenvalue weighted by Gasteiger charge is -2.36. The van der Waals surface area contributed by atoms with E-state index < -0.39 is 0 Å². The van der Waals surface area contributed by atoms with Gasteiger partial charge in [0.25, 0.3) is 0 Å². The molecule has 37 heavy (non-hydrogen) atoms. The van der Waals surface area contributed by atoms with Crippen LogP contribution in [0.15, 0.2) is 71.3 Å². The van der Waals surface area contributed by atoms with Gasteiger partial charge in [-0.2, -0.15) is 4.98 Å². The summed E-state index contributed by atoms with van der Waals surface area (Å²) < 4.78 is 5.63. The molecule has 1 aliphatic carbocycles. The van der Waals surface area contributed by atoms with Crippen LogP contribution in [0.3, 0.4) is 0 Å². The fourth-order valence-corrected chi connectivity index (χ4v) is 5.34. The lowest BCUT2D eigenvalue weighted by Crippen LogP contribution is -2.47. The van der Waals surface area contributed by atoms with Gasteiger partial charge >= 0.3 is 0 Å². The van der Waals surface area contributed by atoms with Gasteiger partial charge in [-0.3, -0.25) is 4.79 Å². The van der Waals surface area contributed by atoms with Crippen molar-refractivity contribution in [2.45, 2.75) is 18.8 Å². The molecule has 1 atom stereocenters. The molecule has 0 bridgehead atoms. The predicted octanol–water partition coefficient (Wildman–Crippen LogP) is 6.36. The summed E-state index contributed by atoms with van der Waals surface area (Å²) in [4.78, 5) is 27.6. The maximum absolute atomic E-state index is 13.4. The number of ketones is 1. The zero-order chi connectivity index (χ0) is 25.4. The molecule has 1 aliphatic heterocycles. The highest BCUT2D eigenvalue weighted by molar-refractivity contribution is 6.31. The van der Waals surface area contributed by atoms with Gasteiger partial charge in [-0.25, -0.2) is 4.98 Å². The van der Waals surface area contributed by atoms with Crippen LogP contribution < -0.4 is 15.1 Å². The number of hydrogen-bond acceptors (Lipinski definition) is 7. The van der Waals surface area contributed by atoms with Crippen LogP contribution in [0.2, 0.25) is 10.0 Å². The molecule has 0 spiro atoms. The van der Waals surface area contributed by atoms with Gasteiger partial charge in [0.05, 0.1) is 17.5 Å². The quantitative estimate of drug-likeness (QED) is 0.319. The lowest BCUT2D eigenvalue weighted by atomic mass is 9.84. The largest absolute Gasteiger partial charge is 0.469 e. The Kier molecular flexibility index (Phi) is 6.49. The Hall–Kier alpha value is -3.55. The average molecular weight is 534 g/mol. The zero-order valence-electron chi connectivity index (χ0n) is 20.0. The van der Waals surface area contributed by atoms with E-state index in [2.05, 4.69) is 21.2 Å². The normalized spacial score (nSPS) is 17.6. The predicted molar refractivity (Wildman–Crippen MR) is 147 cm³/mol. The number of carbonyl (C=O) groups is 1. The topological polar surface area (TPSA) is 74.5 Å².